The number of nitrogens with one attached hydrogen (secondary N) is 2. The Morgan fingerprint density at radius 1 is 1.17 bits per heavy atom. The average molecular weight is 256 g/mol. The highest BCUT2D eigenvalue weighted by Crippen LogP contribution is 2.12. The summed E-state index contributed by atoms with van der Waals surface area (Å²) in [4.78, 5) is 11.5. The second kappa shape index (κ2) is 5.91. The molecule has 0 unspecified atom stereocenters. The molecule has 0 atom stereocenters. The van der Waals surface area contributed by atoms with Crippen LogP contribution in [-0.4, -0.2) is 18.0 Å². The summed E-state index contributed by atoms with van der Waals surface area (Å²) in [6, 6.07) is 2.92. The summed E-state index contributed by atoms with van der Waals surface area (Å²) in [6.45, 7) is 6.49. The average Bonchev–Trinajstić information content (AvgIpc) is 2.12. The van der Waals surface area contributed by atoms with Crippen molar-refractivity contribution in [2.45, 2.75) is 32.7 Å². The Balaban J connectivity index is 2.45. The number of halogens is 2. The number of hydrogen-bond donors (Lipinski definition) is 2. The fraction of sp³-hybridized carbons (Fsp3) is 0.462. The summed E-state index contributed by atoms with van der Waals surface area (Å²) >= 11 is 0. The van der Waals surface area contributed by atoms with Gasteiger partial charge in [0.1, 0.15) is 11.6 Å². The van der Waals surface area contributed by atoms with Crippen LogP contribution in [0.5, 0.6) is 0 Å². The van der Waals surface area contributed by atoms with Crippen molar-refractivity contribution in [3.63, 3.8) is 0 Å². The second-order valence-electron chi connectivity index (χ2n) is 5.13. The van der Waals surface area contributed by atoms with Gasteiger partial charge < -0.3 is 10.6 Å². The second-order valence-corrected chi connectivity index (χ2v) is 5.13. The van der Waals surface area contributed by atoms with E-state index in [9.17, 15) is 13.6 Å². The van der Waals surface area contributed by atoms with E-state index in [4.69, 9.17) is 0 Å². The number of carbonyl (C=O) groups excluding carboxylic acids is 1. The third-order valence-electron chi connectivity index (χ3n) is 2.15. The van der Waals surface area contributed by atoms with E-state index in [1.807, 2.05) is 20.8 Å². The molecule has 3 nitrogen and oxygen atoms in total. The van der Waals surface area contributed by atoms with Gasteiger partial charge in [0.15, 0.2) is 0 Å². The van der Waals surface area contributed by atoms with Crippen LogP contribution in [0.3, 0.4) is 0 Å². The lowest BCUT2D eigenvalue weighted by Gasteiger charge is -2.20. The van der Waals surface area contributed by atoms with Gasteiger partial charge >= 0.3 is 0 Å². The van der Waals surface area contributed by atoms with Crippen molar-refractivity contribution in [2.24, 2.45) is 0 Å². The van der Waals surface area contributed by atoms with Crippen molar-refractivity contribution in [3.05, 3.63) is 29.8 Å². The van der Waals surface area contributed by atoms with Crippen LogP contribution < -0.4 is 10.6 Å². The molecule has 0 fully saturated rings. The number of carbonyl (C=O) groups is 1. The molecule has 0 aliphatic carbocycles. The van der Waals surface area contributed by atoms with Crippen molar-refractivity contribution in [2.75, 3.05) is 11.9 Å². The van der Waals surface area contributed by atoms with Crippen molar-refractivity contribution in [1.29, 1.82) is 0 Å². The monoisotopic (exact) mass is 256 g/mol. The van der Waals surface area contributed by atoms with Crippen LogP contribution in [0.1, 0.15) is 27.2 Å². The van der Waals surface area contributed by atoms with Gasteiger partial charge in [-0.25, -0.2) is 8.78 Å². The molecule has 1 aromatic carbocycles. The van der Waals surface area contributed by atoms with Crippen LogP contribution in [0.4, 0.5) is 14.5 Å². The number of rotatable bonds is 4. The minimum atomic E-state index is -0.710. The van der Waals surface area contributed by atoms with Crippen molar-refractivity contribution < 1.29 is 13.6 Å². The topological polar surface area (TPSA) is 41.1 Å². The van der Waals surface area contributed by atoms with Gasteiger partial charge in [0.25, 0.3) is 0 Å². The minimum absolute atomic E-state index is 0.0642. The normalized spacial score (nSPS) is 11.4. The molecule has 0 aromatic heterocycles. The fourth-order valence-electron chi connectivity index (χ4n) is 1.40. The summed E-state index contributed by atoms with van der Waals surface area (Å²) in [5, 5.41) is 5.60. The third-order valence-corrected chi connectivity index (χ3v) is 2.15. The smallest absolute Gasteiger partial charge is 0.225 e. The van der Waals surface area contributed by atoms with Gasteiger partial charge in [0.2, 0.25) is 5.91 Å². The molecule has 100 valence electrons. The molecule has 1 amide bonds. The van der Waals surface area contributed by atoms with Gasteiger partial charge in [-0.15, -0.1) is 0 Å². The number of benzene rings is 1. The summed E-state index contributed by atoms with van der Waals surface area (Å²) in [5.74, 6) is -1.70. The lowest BCUT2D eigenvalue weighted by atomic mass is 10.1. The van der Waals surface area contributed by atoms with E-state index >= 15 is 0 Å². The molecule has 0 aliphatic rings. The van der Waals surface area contributed by atoms with Gasteiger partial charge in [-0.05, 0) is 32.9 Å². The zero-order chi connectivity index (χ0) is 13.8. The van der Waals surface area contributed by atoms with Gasteiger partial charge in [-0.2, -0.15) is 0 Å². The Kier molecular flexibility index (Phi) is 4.78. The van der Waals surface area contributed by atoms with Crippen molar-refractivity contribution in [3.8, 4) is 0 Å². The van der Waals surface area contributed by atoms with E-state index < -0.39 is 11.6 Å². The highest BCUT2D eigenvalue weighted by Gasteiger charge is 2.10. The molecule has 5 heteroatoms. The van der Waals surface area contributed by atoms with Gasteiger partial charge in [-0.3, -0.25) is 4.79 Å². The van der Waals surface area contributed by atoms with Gasteiger partial charge in [0.05, 0.1) is 0 Å². The van der Waals surface area contributed by atoms with Crippen LogP contribution >= 0.6 is 0 Å². The first kappa shape index (κ1) is 14.6. The largest absolute Gasteiger partial charge is 0.326 e. The molecule has 1 aromatic rings. The van der Waals surface area contributed by atoms with E-state index in [2.05, 4.69) is 10.6 Å². The maximum absolute atomic E-state index is 12.9. The molecule has 0 radical (unpaired) electrons. The molecule has 18 heavy (non-hydrogen) atoms. The molecule has 2 N–H and O–H groups in total. The van der Waals surface area contributed by atoms with E-state index in [0.717, 1.165) is 18.2 Å². The number of hydrogen-bond acceptors (Lipinski definition) is 2. The lowest BCUT2D eigenvalue weighted by Crippen LogP contribution is -2.37. The first-order valence-corrected chi connectivity index (χ1v) is 5.77. The van der Waals surface area contributed by atoms with Crippen LogP contribution in [0.25, 0.3) is 0 Å². The van der Waals surface area contributed by atoms with Crippen LogP contribution in [-0.2, 0) is 4.79 Å². The Morgan fingerprint density at radius 2 is 1.72 bits per heavy atom. The Hall–Kier alpha value is -1.49. The predicted molar refractivity (Wildman–Crippen MR) is 67.4 cm³/mol. The molecular formula is C13H18F2N2O. The molecule has 0 heterocycles. The summed E-state index contributed by atoms with van der Waals surface area (Å²) in [5.41, 5.74) is 0.0684. The van der Waals surface area contributed by atoms with E-state index in [1.54, 1.807) is 0 Å². The third kappa shape index (κ3) is 5.72. The van der Waals surface area contributed by atoms with Crippen LogP contribution in [0.15, 0.2) is 18.2 Å². The molecule has 0 aliphatic heterocycles. The van der Waals surface area contributed by atoms with Crippen LogP contribution in [0.2, 0.25) is 0 Å². The Bertz CT molecular complexity index is 407. The number of anilines is 1. The standard InChI is InChI=1S/C13H18F2N2O/c1-13(2,3)16-5-4-12(18)17-11-7-9(14)6-10(15)8-11/h6-8,16H,4-5H2,1-3H3,(H,17,18). The minimum Gasteiger partial charge on any atom is -0.326 e. The first-order valence-electron chi connectivity index (χ1n) is 5.77. The summed E-state index contributed by atoms with van der Waals surface area (Å²) in [7, 11) is 0. The van der Waals surface area contributed by atoms with Crippen molar-refractivity contribution in [1.82, 2.24) is 5.32 Å². The molecule has 0 saturated carbocycles. The fourth-order valence-corrected chi connectivity index (χ4v) is 1.40. The zero-order valence-electron chi connectivity index (χ0n) is 10.8. The van der Waals surface area contributed by atoms with Crippen LogP contribution in [0, 0.1) is 11.6 Å². The Morgan fingerprint density at radius 3 is 2.22 bits per heavy atom. The Labute approximate surface area is 106 Å². The maximum Gasteiger partial charge on any atom is 0.225 e. The summed E-state index contributed by atoms with van der Waals surface area (Å²) < 4.78 is 25.8. The number of amides is 1. The van der Waals surface area contributed by atoms with Crippen molar-refractivity contribution >= 4 is 11.6 Å². The molecular weight excluding hydrogens is 238 g/mol. The maximum atomic E-state index is 12.9. The molecule has 0 bridgehead atoms. The SMILES string of the molecule is CC(C)(C)NCCC(=O)Nc1cc(F)cc(F)c1. The quantitative estimate of drug-likeness (QED) is 0.869. The molecule has 1 rings (SSSR count). The zero-order valence-corrected chi connectivity index (χ0v) is 10.8. The van der Waals surface area contributed by atoms with E-state index in [1.165, 1.54) is 0 Å². The highest BCUT2D eigenvalue weighted by atomic mass is 19.1. The molecule has 0 spiro atoms. The lowest BCUT2D eigenvalue weighted by molar-refractivity contribution is -0.116. The molecule has 0 saturated heterocycles. The van der Waals surface area contributed by atoms with Gasteiger partial charge in [-0.1, -0.05) is 0 Å². The van der Waals surface area contributed by atoms with Gasteiger partial charge in [0, 0.05) is 30.3 Å². The highest BCUT2D eigenvalue weighted by molar-refractivity contribution is 5.90. The van der Waals surface area contributed by atoms with E-state index in [0.29, 0.717) is 6.54 Å². The summed E-state index contributed by atoms with van der Waals surface area (Å²) in [6.07, 6.45) is 0.245. The van der Waals surface area contributed by atoms with E-state index in [-0.39, 0.29) is 23.6 Å². The first-order chi connectivity index (χ1) is 8.26. The predicted octanol–water partition coefficient (Wildman–Crippen LogP) is 2.68.